The van der Waals surface area contributed by atoms with Gasteiger partial charge in [0, 0.05) is 17.1 Å². The van der Waals surface area contributed by atoms with Crippen LogP contribution in [-0.2, 0) is 16.0 Å². The molecule has 2 heterocycles. The van der Waals surface area contributed by atoms with E-state index >= 15 is 0 Å². The van der Waals surface area contributed by atoms with Gasteiger partial charge in [0.25, 0.3) is 5.91 Å². The van der Waals surface area contributed by atoms with Gasteiger partial charge in [0.15, 0.2) is 18.1 Å². The highest BCUT2D eigenvalue weighted by Gasteiger charge is 2.28. The third kappa shape index (κ3) is 4.15. The molecule has 178 valence electrons. The summed E-state index contributed by atoms with van der Waals surface area (Å²) < 4.78 is 16.1. The number of allylic oxidation sites excluding steroid dienone is 1. The number of hydrogen-bond donors (Lipinski definition) is 1. The van der Waals surface area contributed by atoms with Crippen molar-refractivity contribution in [2.45, 2.75) is 12.8 Å². The molecule has 1 aliphatic carbocycles. The van der Waals surface area contributed by atoms with E-state index in [-0.39, 0.29) is 6.79 Å². The molecule has 1 amide bonds. The van der Waals surface area contributed by atoms with Crippen molar-refractivity contribution in [1.29, 1.82) is 0 Å². The van der Waals surface area contributed by atoms with Crippen molar-refractivity contribution in [3.8, 4) is 11.5 Å². The zero-order chi connectivity index (χ0) is 24.5. The number of carbonyl (C=O) groups is 2. The van der Waals surface area contributed by atoms with Gasteiger partial charge in [-0.05, 0) is 53.8 Å². The minimum absolute atomic E-state index is 0.150. The van der Waals surface area contributed by atoms with Crippen LogP contribution >= 0.6 is 0 Å². The van der Waals surface area contributed by atoms with E-state index in [1.165, 1.54) is 0 Å². The topological polar surface area (TPSA) is 86.8 Å². The fourth-order valence-electron chi connectivity index (χ4n) is 4.64. The number of pyridine rings is 1. The van der Waals surface area contributed by atoms with Crippen LogP contribution in [0.4, 0.5) is 5.69 Å². The minimum Gasteiger partial charge on any atom is -0.454 e. The number of rotatable bonds is 5. The summed E-state index contributed by atoms with van der Waals surface area (Å²) in [5.74, 6) is 0.204. The average Bonchev–Trinajstić information content (AvgIpc) is 3.53. The number of nitrogens with one attached hydrogen (secondary N) is 1. The normalized spacial score (nSPS) is 14.6. The molecule has 1 aliphatic heterocycles. The van der Waals surface area contributed by atoms with Crippen LogP contribution in [0.5, 0.6) is 11.5 Å². The Morgan fingerprint density at radius 2 is 1.75 bits per heavy atom. The summed E-state index contributed by atoms with van der Waals surface area (Å²) in [7, 11) is 0. The van der Waals surface area contributed by atoms with Gasteiger partial charge in [0.1, 0.15) is 0 Å². The summed E-state index contributed by atoms with van der Waals surface area (Å²) >= 11 is 0. The molecule has 4 aromatic rings. The minimum atomic E-state index is -0.536. The summed E-state index contributed by atoms with van der Waals surface area (Å²) in [4.78, 5) is 30.7. The van der Waals surface area contributed by atoms with Crippen molar-refractivity contribution in [3.63, 3.8) is 0 Å². The number of aromatic nitrogens is 1. The molecule has 0 atom stereocenters. The Morgan fingerprint density at radius 3 is 2.64 bits per heavy atom. The highest BCUT2D eigenvalue weighted by atomic mass is 16.7. The first kappa shape index (κ1) is 21.9. The number of esters is 1. The number of amides is 1. The third-order valence-corrected chi connectivity index (χ3v) is 6.28. The molecule has 6 rings (SSSR count). The highest BCUT2D eigenvalue weighted by Crippen LogP contribution is 2.38. The van der Waals surface area contributed by atoms with Gasteiger partial charge in [-0.15, -0.1) is 0 Å². The van der Waals surface area contributed by atoms with Gasteiger partial charge >= 0.3 is 5.97 Å². The Morgan fingerprint density at radius 1 is 0.944 bits per heavy atom. The van der Waals surface area contributed by atoms with E-state index < -0.39 is 18.5 Å². The molecule has 0 spiro atoms. The molecule has 0 fully saturated rings. The van der Waals surface area contributed by atoms with Gasteiger partial charge in [0.05, 0.1) is 16.8 Å². The lowest BCUT2D eigenvalue weighted by Gasteiger charge is -2.12. The first-order valence-corrected chi connectivity index (χ1v) is 11.7. The van der Waals surface area contributed by atoms with E-state index in [0.29, 0.717) is 34.7 Å². The van der Waals surface area contributed by atoms with Gasteiger partial charge in [-0.3, -0.25) is 4.79 Å². The van der Waals surface area contributed by atoms with Crippen LogP contribution in [0.15, 0.2) is 72.8 Å². The monoisotopic (exact) mass is 478 g/mol. The lowest BCUT2D eigenvalue weighted by molar-refractivity contribution is -0.119. The Kier molecular flexibility index (Phi) is 5.58. The Hall–Kier alpha value is -4.65. The van der Waals surface area contributed by atoms with Crippen LogP contribution in [-0.4, -0.2) is 30.3 Å². The first-order chi connectivity index (χ1) is 17.7. The summed E-state index contributed by atoms with van der Waals surface area (Å²) in [5.41, 5.74) is 5.56. The number of ether oxygens (including phenoxy) is 3. The summed E-state index contributed by atoms with van der Waals surface area (Å²) in [6.45, 7) is -0.262. The second-order valence-electron chi connectivity index (χ2n) is 8.60. The molecular weight excluding hydrogens is 456 g/mol. The smallest absolute Gasteiger partial charge is 0.339 e. The van der Waals surface area contributed by atoms with Crippen molar-refractivity contribution >= 4 is 40.1 Å². The van der Waals surface area contributed by atoms with Crippen molar-refractivity contribution in [2.24, 2.45) is 0 Å². The van der Waals surface area contributed by atoms with Crippen molar-refractivity contribution in [3.05, 3.63) is 95.2 Å². The fourth-order valence-corrected chi connectivity index (χ4v) is 4.64. The highest BCUT2D eigenvalue weighted by molar-refractivity contribution is 6.08. The second kappa shape index (κ2) is 9.19. The molecule has 0 unspecified atom stereocenters. The first-order valence-electron chi connectivity index (χ1n) is 11.7. The van der Waals surface area contributed by atoms with Gasteiger partial charge in [-0.1, -0.05) is 48.5 Å². The molecule has 7 heteroatoms. The van der Waals surface area contributed by atoms with Crippen molar-refractivity contribution in [1.82, 2.24) is 4.98 Å². The van der Waals surface area contributed by atoms with E-state index in [9.17, 15) is 9.59 Å². The molecule has 7 nitrogen and oxygen atoms in total. The Balaban J connectivity index is 1.25. The van der Waals surface area contributed by atoms with Crippen LogP contribution in [0.2, 0.25) is 0 Å². The van der Waals surface area contributed by atoms with E-state index in [1.807, 2.05) is 54.6 Å². The standard InChI is InChI=1S/C29H22N2O5/c32-26(30-20-11-13-24-25(15-20)36-17-35-24)16-34-29(33)27-21-8-4-5-9-23(21)31-28-19(10-12-22(27)28)14-18-6-2-1-3-7-18/h1-9,11,13-15H,10,12,16-17H2,(H,30,32)/b19-14+. The lowest BCUT2D eigenvalue weighted by Crippen LogP contribution is -2.21. The van der Waals surface area contributed by atoms with Gasteiger partial charge in [-0.2, -0.15) is 0 Å². The number of benzene rings is 3. The molecule has 0 radical (unpaired) electrons. The number of carbonyl (C=O) groups excluding carboxylic acids is 2. The lowest BCUT2D eigenvalue weighted by atomic mass is 10.0. The predicted octanol–water partition coefficient (Wildman–Crippen LogP) is 5.25. The Labute approximate surface area is 207 Å². The summed E-state index contributed by atoms with van der Waals surface area (Å²) in [6.07, 6.45) is 3.57. The molecule has 3 aromatic carbocycles. The maximum absolute atomic E-state index is 13.3. The van der Waals surface area contributed by atoms with Crippen molar-refractivity contribution < 1.29 is 23.8 Å². The SMILES string of the molecule is O=C(COC(=O)c1c2c(nc3ccccc13)/C(=C/c1ccccc1)CC2)Nc1ccc2c(c1)OCO2. The van der Waals surface area contributed by atoms with Crippen LogP contribution in [0.25, 0.3) is 22.6 Å². The van der Waals surface area contributed by atoms with Crippen LogP contribution in [0.3, 0.4) is 0 Å². The summed E-state index contributed by atoms with van der Waals surface area (Å²) in [5, 5.41) is 3.45. The molecule has 0 bridgehead atoms. The molecule has 2 aliphatic rings. The van der Waals surface area contributed by atoms with Gasteiger partial charge < -0.3 is 19.5 Å². The predicted molar refractivity (Wildman–Crippen MR) is 136 cm³/mol. The van der Waals surface area contributed by atoms with Crippen LogP contribution in [0, 0.1) is 0 Å². The quantitative estimate of drug-likeness (QED) is 0.395. The molecule has 0 saturated carbocycles. The molecule has 0 saturated heterocycles. The summed E-state index contributed by atoms with van der Waals surface area (Å²) in [6, 6.07) is 22.7. The maximum atomic E-state index is 13.3. The van der Waals surface area contributed by atoms with Crippen molar-refractivity contribution in [2.75, 3.05) is 18.7 Å². The zero-order valence-corrected chi connectivity index (χ0v) is 19.3. The number of hydrogen-bond acceptors (Lipinski definition) is 6. The maximum Gasteiger partial charge on any atom is 0.339 e. The average molecular weight is 479 g/mol. The van der Waals surface area contributed by atoms with Crippen LogP contribution in [0.1, 0.15) is 33.6 Å². The molecular formula is C29H22N2O5. The largest absolute Gasteiger partial charge is 0.454 e. The second-order valence-corrected chi connectivity index (χ2v) is 8.60. The Bertz CT molecular complexity index is 1530. The number of nitrogens with zero attached hydrogens (tertiary/aromatic N) is 1. The molecule has 1 N–H and O–H groups in total. The zero-order valence-electron chi connectivity index (χ0n) is 19.3. The van der Waals surface area contributed by atoms with Gasteiger partial charge in [-0.25, -0.2) is 9.78 Å². The van der Waals surface area contributed by atoms with Gasteiger partial charge in [0.2, 0.25) is 6.79 Å². The molecule has 1 aromatic heterocycles. The van der Waals surface area contributed by atoms with E-state index in [4.69, 9.17) is 19.2 Å². The van der Waals surface area contributed by atoms with E-state index in [2.05, 4.69) is 11.4 Å². The number of anilines is 1. The number of fused-ring (bicyclic) bond motifs is 3. The third-order valence-electron chi connectivity index (χ3n) is 6.28. The molecule has 36 heavy (non-hydrogen) atoms. The fraction of sp³-hybridized carbons (Fsp3) is 0.138. The number of para-hydroxylation sites is 1. The van der Waals surface area contributed by atoms with E-state index in [1.54, 1.807) is 18.2 Å². The van der Waals surface area contributed by atoms with Crippen LogP contribution < -0.4 is 14.8 Å². The van der Waals surface area contributed by atoms with E-state index in [0.717, 1.165) is 34.2 Å².